The molecule has 0 saturated heterocycles. The summed E-state index contributed by atoms with van der Waals surface area (Å²) in [5.41, 5.74) is 0.952. The molecular weight excluding hydrogens is 414 g/mol. The van der Waals surface area contributed by atoms with E-state index in [1.807, 2.05) is 0 Å². The minimum absolute atomic E-state index is 0.0406. The number of halogens is 3. The molecule has 0 saturated carbocycles. The van der Waals surface area contributed by atoms with Crippen molar-refractivity contribution in [2.75, 3.05) is 0 Å². The number of non-ortho nitro benzene ring substituents is 1. The predicted molar refractivity (Wildman–Crippen MR) is 94.8 cm³/mol. The van der Waals surface area contributed by atoms with Gasteiger partial charge >= 0.3 is 6.61 Å². The van der Waals surface area contributed by atoms with Crippen LogP contribution in [0.2, 0.25) is 0 Å². The normalized spacial score (nSPS) is 10.9. The van der Waals surface area contributed by atoms with Gasteiger partial charge in [-0.05, 0) is 29.8 Å². The Balaban J connectivity index is 1.99. The molecule has 0 spiro atoms. The van der Waals surface area contributed by atoms with Crippen LogP contribution in [0.1, 0.15) is 11.1 Å². The first-order valence-electron chi connectivity index (χ1n) is 7.29. The second kappa shape index (κ2) is 9.04. The highest BCUT2D eigenvalue weighted by Gasteiger charge is 2.09. The van der Waals surface area contributed by atoms with Crippen molar-refractivity contribution in [1.29, 1.82) is 0 Å². The molecule has 0 unspecified atom stereocenters. The fourth-order valence-corrected chi connectivity index (χ4v) is 2.38. The summed E-state index contributed by atoms with van der Waals surface area (Å²) in [7, 11) is 0. The lowest BCUT2D eigenvalue weighted by atomic mass is 10.2. The maximum Gasteiger partial charge on any atom is 0.387 e. The summed E-state index contributed by atoms with van der Waals surface area (Å²) >= 11 is 3.22. The fraction of sp³-hybridized carbons (Fsp3) is 0.118. The van der Waals surface area contributed by atoms with Gasteiger partial charge in [-0.1, -0.05) is 28.1 Å². The third-order valence-corrected chi connectivity index (χ3v) is 3.71. The zero-order valence-corrected chi connectivity index (χ0v) is 14.8. The molecular formula is C17H13BrF2N2O4. The number of carbonyl (C=O) groups excluding carboxylic acids is 1. The van der Waals surface area contributed by atoms with Crippen molar-refractivity contribution >= 4 is 33.6 Å². The molecule has 1 amide bonds. The van der Waals surface area contributed by atoms with E-state index in [4.69, 9.17) is 0 Å². The molecule has 0 aliphatic rings. The standard InChI is InChI=1S/C17H13BrF2N2O4/c18-13-4-7-15(26-17(19)20)12(9-13)3-8-16(23)21-10-11-1-5-14(6-2-11)22(24)25/h1-9,17H,10H2,(H,21,23)/b8-3+. The van der Waals surface area contributed by atoms with Crippen molar-refractivity contribution in [2.24, 2.45) is 0 Å². The molecule has 0 aliphatic carbocycles. The largest absolute Gasteiger partial charge is 0.434 e. The Labute approximate surface area is 155 Å². The number of hydrogen-bond acceptors (Lipinski definition) is 4. The Hall–Kier alpha value is -2.81. The SMILES string of the molecule is O=C(/C=C/c1cc(Br)ccc1OC(F)F)NCc1ccc([N+](=O)[O-])cc1. The number of amides is 1. The lowest BCUT2D eigenvalue weighted by molar-refractivity contribution is -0.384. The average molecular weight is 427 g/mol. The van der Waals surface area contributed by atoms with E-state index in [1.54, 1.807) is 6.07 Å². The monoisotopic (exact) mass is 426 g/mol. The Morgan fingerprint density at radius 3 is 2.58 bits per heavy atom. The van der Waals surface area contributed by atoms with Crippen molar-refractivity contribution in [3.8, 4) is 5.75 Å². The molecule has 0 aromatic heterocycles. The van der Waals surface area contributed by atoms with Crippen LogP contribution in [0, 0.1) is 10.1 Å². The molecule has 136 valence electrons. The first kappa shape index (κ1) is 19.5. The maximum atomic E-state index is 12.4. The summed E-state index contributed by atoms with van der Waals surface area (Å²) in [6.45, 7) is -2.81. The van der Waals surface area contributed by atoms with Crippen LogP contribution < -0.4 is 10.1 Å². The number of nitrogens with zero attached hydrogens (tertiary/aromatic N) is 1. The van der Waals surface area contributed by atoms with Crippen LogP contribution in [0.15, 0.2) is 53.0 Å². The number of benzene rings is 2. The Morgan fingerprint density at radius 1 is 1.27 bits per heavy atom. The lowest BCUT2D eigenvalue weighted by Gasteiger charge is -2.08. The topological polar surface area (TPSA) is 81.5 Å². The minimum Gasteiger partial charge on any atom is -0.434 e. The van der Waals surface area contributed by atoms with Gasteiger partial charge < -0.3 is 10.1 Å². The van der Waals surface area contributed by atoms with E-state index in [9.17, 15) is 23.7 Å². The Bertz CT molecular complexity index is 826. The van der Waals surface area contributed by atoms with Crippen molar-refractivity contribution in [3.05, 3.63) is 74.3 Å². The number of carbonyl (C=O) groups is 1. The second-order valence-corrected chi connectivity index (χ2v) is 5.95. The molecule has 0 bridgehead atoms. The van der Waals surface area contributed by atoms with Gasteiger partial charge in [0.05, 0.1) is 4.92 Å². The van der Waals surface area contributed by atoms with Gasteiger partial charge in [-0.15, -0.1) is 0 Å². The van der Waals surface area contributed by atoms with E-state index >= 15 is 0 Å². The van der Waals surface area contributed by atoms with Crippen LogP contribution in [0.4, 0.5) is 14.5 Å². The predicted octanol–water partition coefficient (Wildman–Crippen LogP) is 4.29. The van der Waals surface area contributed by atoms with Gasteiger partial charge in [0.2, 0.25) is 5.91 Å². The van der Waals surface area contributed by atoms with Gasteiger partial charge in [0.1, 0.15) is 5.75 Å². The molecule has 0 radical (unpaired) electrons. The Morgan fingerprint density at radius 2 is 1.96 bits per heavy atom. The highest BCUT2D eigenvalue weighted by atomic mass is 79.9. The van der Waals surface area contributed by atoms with Crippen LogP contribution in [0.25, 0.3) is 6.08 Å². The number of nitrogens with one attached hydrogen (secondary N) is 1. The summed E-state index contributed by atoms with van der Waals surface area (Å²) < 4.78 is 29.9. The minimum atomic E-state index is -2.97. The molecule has 9 heteroatoms. The van der Waals surface area contributed by atoms with E-state index in [1.165, 1.54) is 48.6 Å². The highest BCUT2D eigenvalue weighted by molar-refractivity contribution is 9.10. The number of rotatable bonds is 7. The molecule has 2 aromatic carbocycles. The van der Waals surface area contributed by atoms with Gasteiger partial charge in [-0.2, -0.15) is 8.78 Å². The number of nitro benzene ring substituents is 1. The molecule has 26 heavy (non-hydrogen) atoms. The smallest absolute Gasteiger partial charge is 0.387 e. The highest BCUT2D eigenvalue weighted by Crippen LogP contribution is 2.26. The van der Waals surface area contributed by atoms with E-state index in [-0.39, 0.29) is 18.0 Å². The molecule has 1 N–H and O–H groups in total. The molecule has 0 atom stereocenters. The Kier molecular flexibility index (Phi) is 6.79. The maximum absolute atomic E-state index is 12.4. The molecule has 2 rings (SSSR count). The lowest BCUT2D eigenvalue weighted by Crippen LogP contribution is -2.20. The van der Waals surface area contributed by atoms with E-state index in [2.05, 4.69) is 26.0 Å². The number of nitro groups is 1. The average Bonchev–Trinajstić information content (AvgIpc) is 2.60. The first-order chi connectivity index (χ1) is 12.3. The third kappa shape index (κ3) is 5.92. The number of ether oxygens (including phenoxy) is 1. The van der Waals surface area contributed by atoms with Crippen molar-refractivity contribution < 1.29 is 23.2 Å². The number of alkyl halides is 2. The van der Waals surface area contributed by atoms with Gasteiger partial charge in [-0.25, -0.2) is 0 Å². The summed E-state index contributed by atoms with van der Waals surface area (Å²) in [6, 6.07) is 10.2. The van der Waals surface area contributed by atoms with Crippen LogP contribution in [-0.4, -0.2) is 17.4 Å². The summed E-state index contributed by atoms with van der Waals surface area (Å²) in [5.74, 6) is -0.506. The first-order valence-corrected chi connectivity index (χ1v) is 8.08. The van der Waals surface area contributed by atoms with Crippen LogP contribution in [0.5, 0.6) is 5.75 Å². The zero-order chi connectivity index (χ0) is 19.1. The fourth-order valence-electron chi connectivity index (χ4n) is 2.00. The molecule has 0 heterocycles. The van der Waals surface area contributed by atoms with Gasteiger partial charge in [0.25, 0.3) is 5.69 Å². The molecule has 0 aliphatic heterocycles. The van der Waals surface area contributed by atoms with Crippen molar-refractivity contribution in [2.45, 2.75) is 13.2 Å². The molecule has 2 aromatic rings. The quantitative estimate of drug-likeness (QED) is 0.406. The summed E-state index contributed by atoms with van der Waals surface area (Å²) in [4.78, 5) is 21.9. The second-order valence-electron chi connectivity index (χ2n) is 5.04. The molecule has 0 fully saturated rings. The third-order valence-electron chi connectivity index (χ3n) is 3.22. The zero-order valence-electron chi connectivity index (χ0n) is 13.2. The van der Waals surface area contributed by atoms with Crippen molar-refractivity contribution in [3.63, 3.8) is 0 Å². The van der Waals surface area contributed by atoms with Crippen LogP contribution in [0.3, 0.4) is 0 Å². The summed E-state index contributed by atoms with van der Waals surface area (Å²) in [5, 5.41) is 13.2. The van der Waals surface area contributed by atoms with E-state index in [0.29, 0.717) is 15.6 Å². The van der Waals surface area contributed by atoms with Gasteiger partial charge in [0.15, 0.2) is 0 Å². The number of hydrogen-bond donors (Lipinski definition) is 1. The van der Waals surface area contributed by atoms with E-state index in [0.717, 1.165) is 0 Å². The van der Waals surface area contributed by atoms with E-state index < -0.39 is 17.4 Å². The van der Waals surface area contributed by atoms with Crippen LogP contribution >= 0.6 is 15.9 Å². The van der Waals surface area contributed by atoms with Gasteiger partial charge in [-0.3, -0.25) is 14.9 Å². The van der Waals surface area contributed by atoms with Crippen LogP contribution in [-0.2, 0) is 11.3 Å². The molecule has 6 nitrogen and oxygen atoms in total. The van der Waals surface area contributed by atoms with Gasteiger partial charge in [0, 0.05) is 34.8 Å². The van der Waals surface area contributed by atoms with Crippen molar-refractivity contribution in [1.82, 2.24) is 5.32 Å². The summed E-state index contributed by atoms with van der Waals surface area (Å²) in [6.07, 6.45) is 2.54.